The van der Waals surface area contributed by atoms with Crippen molar-refractivity contribution in [3.8, 4) is 0 Å². The molecule has 0 heterocycles. The third-order valence-corrected chi connectivity index (χ3v) is 1.99. The number of rotatable bonds is 13. The first kappa shape index (κ1) is 18.0. The van der Waals surface area contributed by atoms with Crippen LogP contribution in [0, 0.1) is 0 Å². The zero-order valence-electron chi connectivity index (χ0n) is 11.8. The van der Waals surface area contributed by atoms with Gasteiger partial charge in [-0.1, -0.05) is 6.58 Å². The zero-order chi connectivity index (χ0) is 14.3. The molecule has 0 aromatic carbocycles. The molecule has 0 saturated heterocycles. The lowest BCUT2D eigenvalue weighted by atomic mass is 10.4. The summed E-state index contributed by atoms with van der Waals surface area (Å²) in [5.41, 5.74) is 0.386. The smallest absolute Gasteiger partial charge is 0.333 e. The Hall–Kier alpha value is -0.950. The second kappa shape index (κ2) is 13.5. The van der Waals surface area contributed by atoms with Crippen molar-refractivity contribution in [3.05, 3.63) is 12.2 Å². The summed E-state index contributed by atoms with van der Waals surface area (Å²) in [5, 5.41) is 0. The van der Waals surface area contributed by atoms with Crippen molar-refractivity contribution in [1.29, 1.82) is 0 Å². The highest BCUT2D eigenvalue weighted by Crippen LogP contribution is 1.91. The topological polar surface area (TPSA) is 63.2 Å². The van der Waals surface area contributed by atoms with Gasteiger partial charge in [0.2, 0.25) is 0 Å². The molecule has 0 fully saturated rings. The first-order chi connectivity index (χ1) is 9.18. The van der Waals surface area contributed by atoms with E-state index < -0.39 is 5.97 Å². The van der Waals surface area contributed by atoms with Gasteiger partial charge in [0.05, 0.1) is 46.2 Å². The average Bonchev–Trinajstić information content (AvgIpc) is 2.39. The van der Waals surface area contributed by atoms with E-state index in [0.29, 0.717) is 51.8 Å². The maximum Gasteiger partial charge on any atom is 0.333 e. The van der Waals surface area contributed by atoms with Crippen LogP contribution in [0.1, 0.15) is 6.92 Å². The molecule has 6 heteroatoms. The van der Waals surface area contributed by atoms with E-state index in [2.05, 4.69) is 6.58 Å². The number of ether oxygens (including phenoxy) is 5. The van der Waals surface area contributed by atoms with E-state index in [1.54, 1.807) is 14.0 Å². The Morgan fingerprint density at radius 2 is 1.26 bits per heavy atom. The number of hydrogen-bond donors (Lipinski definition) is 0. The molecule has 0 aromatic heterocycles. The number of hydrogen-bond acceptors (Lipinski definition) is 6. The summed E-state index contributed by atoms with van der Waals surface area (Å²) >= 11 is 0. The van der Waals surface area contributed by atoms with E-state index >= 15 is 0 Å². The van der Waals surface area contributed by atoms with Gasteiger partial charge in [-0.3, -0.25) is 0 Å². The van der Waals surface area contributed by atoms with Crippen LogP contribution in [-0.4, -0.2) is 65.9 Å². The lowest BCUT2D eigenvalue weighted by Crippen LogP contribution is -2.14. The molecular weight excluding hydrogens is 252 g/mol. The number of carbonyl (C=O) groups excluding carboxylic acids is 1. The van der Waals surface area contributed by atoms with Gasteiger partial charge < -0.3 is 23.7 Å². The monoisotopic (exact) mass is 276 g/mol. The maximum absolute atomic E-state index is 11.0. The molecule has 19 heavy (non-hydrogen) atoms. The van der Waals surface area contributed by atoms with Crippen molar-refractivity contribution in [3.63, 3.8) is 0 Å². The summed E-state index contributed by atoms with van der Waals surface area (Å²) in [6, 6.07) is 0. The lowest BCUT2D eigenvalue weighted by molar-refractivity contribution is -0.140. The van der Waals surface area contributed by atoms with Crippen LogP contribution in [0.2, 0.25) is 0 Å². The molecule has 0 aliphatic carbocycles. The normalized spacial score (nSPS) is 10.4. The van der Waals surface area contributed by atoms with E-state index in [4.69, 9.17) is 23.7 Å². The van der Waals surface area contributed by atoms with Crippen LogP contribution >= 0.6 is 0 Å². The van der Waals surface area contributed by atoms with Crippen LogP contribution in [0.15, 0.2) is 12.2 Å². The highest BCUT2D eigenvalue weighted by molar-refractivity contribution is 5.86. The molecule has 112 valence electrons. The zero-order valence-corrected chi connectivity index (χ0v) is 11.8. The fourth-order valence-corrected chi connectivity index (χ4v) is 1.00. The summed E-state index contributed by atoms with van der Waals surface area (Å²) in [6.45, 7) is 8.84. The third kappa shape index (κ3) is 13.3. The fraction of sp³-hybridized carbons (Fsp3) is 0.769. The molecule has 0 aliphatic rings. The summed E-state index contributed by atoms with van der Waals surface area (Å²) in [7, 11) is 1.63. The molecule has 0 rings (SSSR count). The van der Waals surface area contributed by atoms with Gasteiger partial charge in [0.1, 0.15) is 6.61 Å². The molecule has 0 saturated carbocycles. The molecule has 0 radical (unpaired) electrons. The van der Waals surface area contributed by atoms with E-state index in [9.17, 15) is 4.79 Å². The van der Waals surface area contributed by atoms with E-state index in [0.717, 1.165) is 0 Å². The lowest BCUT2D eigenvalue weighted by Gasteiger charge is -2.07. The van der Waals surface area contributed by atoms with Crippen molar-refractivity contribution in [1.82, 2.24) is 0 Å². The molecule has 0 amide bonds. The van der Waals surface area contributed by atoms with Crippen LogP contribution in [0.4, 0.5) is 0 Å². The number of methoxy groups -OCH3 is 1. The summed E-state index contributed by atoms with van der Waals surface area (Å²) < 4.78 is 25.4. The molecule has 0 aliphatic heterocycles. The van der Waals surface area contributed by atoms with Crippen molar-refractivity contribution in [2.45, 2.75) is 6.92 Å². The number of carbonyl (C=O) groups is 1. The standard InChI is InChI=1S/C13H24O6/c1-12(2)13(14)19-11-10-18-9-8-17-7-6-16-5-4-15-3/h1,4-11H2,2-3H3. The predicted octanol–water partition coefficient (Wildman–Crippen LogP) is 0.802. The van der Waals surface area contributed by atoms with Crippen molar-refractivity contribution >= 4 is 5.97 Å². The minimum atomic E-state index is -0.395. The quantitative estimate of drug-likeness (QED) is 0.282. The molecule has 0 N–H and O–H groups in total. The summed E-state index contributed by atoms with van der Waals surface area (Å²) in [6.07, 6.45) is 0. The molecule has 0 unspecified atom stereocenters. The summed E-state index contributed by atoms with van der Waals surface area (Å²) in [5.74, 6) is -0.395. The van der Waals surface area contributed by atoms with Crippen molar-refractivity contribution in [2.75, 3.05) is 60.0 Å². The van der Waals surface area contributed by atoms with Gasteiger partial charge in [-0.15, -0.1) is 0 Å². The fourth-order valence-electron chi connectivity index (χ4n) is 1.00. The van der Waals surface area contributed by atoms with Crippen LogP contribution in [0.25, 0.3) is 0 Å². The van der Waals surface area contributed by atoms with Crippen LogP contribution in [-0.2, 0) is 28.5 Å². The predicted molar refractivity (Wildman–Crippen MR) is 70.1 cm³/mol. The van der Waals surface area contributed by atoms with Gasteiger partial charge in [0.25, 0.3) is 0 Å². The molecular formula is C13H24O6. The maximum atomic E-state index is 11.0. The van der Waals surface area contributed by atoms with Gasteiger partial charge in [0, 0.05) is 12.7 Å². The van der Waals surface area contributed by atoms with Gasteiger partial charge in [0.15, 0.2) is 0 Å². The Balaban J connectivity index is 3.07. The Morgan fingerprint density at radius 3 is 1.68 bits per heavy atom. The van der Waals surface area contributed by atoms with Crippen LogP contribution < -0.4 is 0 Å². The van der Waals surface area contributed by atoms with E-state index in [1.807, 2.05) is 0 Å². The minimum absolute atomic E-state index is 0.228. The van der Waals surface area contributed by atoms with Gasteiger partial charge in [-0.2, -0.15) is 0 Å². The highest BCUT2D eigenvalue weighted by Gasteiger charge is 2.01. The minimum Gasteiger partial charge on any atom is -0.460 e. The first-order valence-electron chi connectivity index (χ1n) is 6.23. The Morgan fingerprint density at radius 1 is 0.842 bits per heavy atom. The largest absolute Gasteiger partial charge is 0.460 e. The molecule has 0 spiro atoms. The summed E-state index contributed by atoms with van der Waals surface area (Å²) in [4.78, 5) is 11.0. The second-order valence-electron chi connectivity index (χ2n) is 3.75. The molecule has 0 bridgehead atoms. The Kier molecular flexibility index (Phi) is 12.8. The van der Waals surface area contributed by atoms with Gasteiger partial charge in [-0.25, -0.2) is 4.79 Å². The highest BCUT2D eigenvalue weighted by atomic mass is 16.6. The number of esters is 1. The molecule has 6 nitrogen and oxygen atoms in total. The first-order valence-corrected chi connectivity index (χ1v) is 6.23. The van der Waals surface area contributed by atoms with Gasteiger partial charge in [-0.05, 0) is 6.92 Å². The van der Waals surface area contributed by atoms with Crippen LogP contribution in [0.3, 0.4) is 0 Å². The van der Waals surface area contributed by atoms with Crippen LogP contribution in [0.5, 0.6) is 0 Å². The molecule has 0 aromatic rings. The average molecular weight is 276 g/mol. The van der Waals surface area contributed by atoms with Crippen molar-refractivity contribution in [2.24, 2.45) is 0 Å². The Bertz CT molecular complexity index is 241. The SMILES string of the molecule is C=C(C)C(=O)OCCOCCOCCOCCOC. The molecule has 0 atom stereocenters. The third-order valence-electron chi connectivity index (χ3n) is 1.99. The van der Waals surface area contributed by atoms with E-state index in [-0.39, 0.29) is 6.61 Å². The van der Waals surface area contributed by atoms with Crippen molar-refractivity contribution < 1.29 is 28.5 Å². The second-order valence-corrected chi connectivity index (χ2v) is 3.75. The van der Waals surface area contributed by atoms with Gasteiger partial charge >= 0.3 is 5.97 Å². The Labute approximate surface area is 114 Å². The van der Waals surface area contributed by atoms with E-state index in [1.165, 1.54) is 0 Å².